The van der Waals surface area contributed by atoms with Crippen LogP contribution in [-0.2, 0) is 9.59 Å². The zero-order valence-corrected chi connectivity index (χ0v) is 17.8. The fourth-order valence-corrected chi connectivity index (χ4v) is 3.22. The summed E-state index contributed by atoms with van der Waals surface area (Å²) in [6.07, 6.45) is 1.40. The third kappa shape index (κ3) is 5.70. The van der Waals surface area contributed by atoms with Crippen molar-refractivity contribution in [2.45, 2.75) is 40.7 Å². The Balaban J connectivity index is 2.03. The number of carbonyl (C=O) groups is 3. The standard InChI is InChI=1S/C22H29N3O4/c1-13(2)19(24-21(27)17-8-7-9-29-17)22(28)25(6)12-18(26)23-20-15(4)10-14(3)11-16(20)5/h7-11,13,19H,12H2,1-6H3,(H,23,26)(H,24,27)/t19-/m1/s1. The number of benzene rings is 1. The van der Waals surface area contributed by atoms with E-state index in [0.29, 0.717) is 0 Å². The van der Waals surface area contributed by atoms with E-state index in [0.717, 1.165) is 22.4 Å². The average Bonchev–Trinajstić information content (AvgIpc) is 3.16. The molecule has 0 radical (unpaired) electrons. The van der Waals surface area contributed by atoms with Crippen LogP contribution in [0.3, 0.4) is 0 Å². The van der Waals surface area contributed by atoms with Gasteiger partial charge in [0.15, 0.2) is 5.76 Å². The summed E-state index contributed by atoms with van der Waals surface area (Å²) in [5, 5.41) is 5.58. The number of nitrogens with one attached hydrogen (secondary N) is 2. The maximum absolute atomic E-state index is 12.9. The van der Waals surface area contributed by atoms with E-state index < -0.39 is 11.9 Å². The van der Waals surface area contributed by atoms with Gasteiger partial charge in [-0.05, 0) is 49.9 Å². The van der Waals surface area contributed by atoms with Crippen molar-refractivity contribution in [3.63, 3.8) is 0 Å². The van der Waals surface area contributed by atoms with Gasteiger partial charge in [0.1, 0.15) is 6.04 Å². The quantitative estimate of drug-likeness (QED) is 0.749. The number of likely N-dealkylation sites (N-methyl/N-ethyl adjacent to an activating group) is 1. The average molecular weight is 399 g/mol. The second-order valence-electron chi connectivity index (χ2n) is 7.69. The molecule has 0 aliphatic heterocycles. The largest absolute Gasteiger partial charge is 0.459 e. The molecular weight excluding hydrogens is 370 g/mol. The minimum absolute atomic E-state index is 0.120. The molecule has 1 heterocycles. The zero-order chi connectivity index (χ0) is 21.7. The van der Waals surface area contributed by atoms with Gasteiger partial charge in [-0.2, -0.15) is 0 Å². The van der Waals surface area contributed by atoms with Crippen LogP contribution in [0, 0.1) is 26.7 Å². The lowest BCUT2D eigenvalue weighted by Crippen LogP contribution is -2.51. The predicted octanol–water partition coefficient (Wildman–Crippen LogP) is 3.06. The lowest BCUT2D eigenvalue weighted by molar-refractivity contribution is -0.135. The van der Waals surface area contributed by atoms with Crippen molar-refractivity contribution in [1.29, 1.82) is 0 Å². The molecular formula is C22H29N3O4. The van der Waals surface area contributed by atoms with Crippen molar-refractivity contribution in [3.05, 3.63) is 53.0 Å². The van der Waals surface area contributed by atoms with E-state index >= 15 is 0 Å². The molecule has 2 aromatic rings. The van der Waals surface area contributed by atoms with Gasteiger partial charge in [-0.25, -0.2) is 0 Å². The molecule has 156 valence electrons. The highest BCUT2D eigenvalue weighted by Gasteiger charge is 2.29. The molecule has 0 saturated carbocycles. The molecule has 29 heavy (non-hydrogen) atoms. The minimum atomic E-state index is -0.770. The molecule has 3 amide bonds. The fourth-order valence-electron chi connectivity index (χ4n) is 3.22. The number of nitrogens with zero attached hydrogens (tertiary/aromatic N) is 1. The smallest absolute Gasteiger partial charge is 0.287 e. The predicted molar refractivity (Wildman–Crippen MR) is 112 cm³/mol. The SMILES string of the molecule is Cc1cc(C)c(NC(=O)CN(C)C(=O)[C@H](NC(=O)c2ccco2)C(C)C)c(C)c1. The summed E-state index contributed by atoms with van der Waals surface area (Å²) in [5.41, 5.74) is 3.82. The van der Waals surface area contributed by atoms with Gasteiger partial charge in [0, 0.05) is 12.7 Å². The molecule has 0 aliphatic rings. The van der Waals surface area contributed by atoms with Crippen LogP contribution in [0.5, 0.6) is 0 Å². The first-order valence-corrected chi connectivity index (χ1v) is 9.57. The number of hydrogen-bond donors (Lipinski definition) is 2. The number of amides is 3. The normalized spacial score (nSPS) is 11.8. The molecule has 1 atom stereocenters. The van der Waals surface area contributed by atoms with E-state index in [2.05, 4.69) is 10.6 Å². The van der Waals surface area contributed by atoms with E-state index in [1.165, 1.54) is 17.2 Å². The highest BCUT2D eigenvalue weighted by atomic mass is 16.3. The fraction of sp³-hybridized carbons (Fsp3) is 0.409. The van der Waals surface area contributed by atoms with Gasteiger partial charge in [-0.3, -0.25) is 14.4 Å². The lowest BCUT2D eigenvalue weighted by Gasteiger charge is -2.26. The van der Waals surface area contributed by atoms with Gasteiger partial charge in [0.2, 0.25) is 11.8 Å². The molecule has 2 rings (SSSR count). The molecule has 0 fully saturated rings. The van der Waals surface area contributed by atoms with Gasteiger partial charge >= 0.3 is 0 Å². The number of furan rings is 1. The van der Waals surface area contributed by atoms with Gasteiger partial charge < -0.3 is 20.0 Å². The molecule has 0 bridgehead atoms. The van der Waals surface area contributed by atoms with Crippen molar-refractivity contribution in [3.8, 4) is 0 Å². The molecule has 0 spiro atoms. The second kappa shape index (κ2) is 9.41. The third-order valence-corrected chi connectivity index (χ3v) is 4.66. The Morgan fingerprint density at radius 3 is 2.24 bits per heavy atom. The Labute approximate surface area is 171 Å². The Hall–Kier alpha value is -3.09. The summed E-state index contributed by atoms with van der Waals surface area (Å²) in [4.78, 5) is 38.9. The van der Waals surface area contributed by atoms with Crippen LogP contribution in [0.25, 0.3) is 0 Å². The van der Waals surface area contributed by atoms with Gasteiger partial charge in [0.25, 0.3) is 5.91 Å². The van der Waals surface area contributed by atoms with Crippen LogP contribution in [0.1, 0.15) is 41.1 Å². The summed E-state index contributed by atoms with van der Waals surface area (Å²) in [6, 6.07) is 6.35. The highest BCUT2D eigenvalue weighted by Crippen LogP contribution is 2.21. The molecule has 2 N–H and O–H groups in total. The van der Waals surface area contributed by atoms with E-state index in [9.17, 15) is 14.4 Å². The monoisotopic (exact) mass is 399 g/mol. The first-order valence-electron chi connectivity index (χ1n) is 9.57. The van der Waals surface area contributed by atoms with Crippen LogP contribution in [0.15, 0.2) is 34.9 Å². The minimum Gasteiger partial charge on any atom is -0.459 e. The third-order valence-electron chi connectivity index (χ3n) is 4.66. The van der Waals surface area contributed by atoms with Crippen LogP contribution in [0.2, 0.25) is 0 Å². The first-order chi connectivity index (χ1) is 13.6. The van der Waals surface area contributed by atoms with Crippen molar-refractivity contribution in [1.82, 2.24) is 10.2 Å². The summed E-state index contributed by atoms with van der Waals surface area (Å²) in [7, 11) is 1.55. The molecule has 1 aromatic heterocycles. The summed E-state index contributed by atoms with van der Waals surface area (Å²) in [6.45, 7) is 9.41. The number of hydrogen-bond acceptors (Lipinski definition) is 4. The van der Waals surface area contributed by atoms with Crippen molar-refractivity contribution in [2.24, 2.45) is 5.92 Å². The van der Waals surface area contributed by atoms with Gasteiger partial charge in [-0.15, -0.1) is 0 Å². The Morgan fingerprint density at radius 1 is 1.10 bits per heavy atom. The molecule has 7 heteroatoms. The summed E-state index contributed by atoms with van der Waals surface area (Å²) < 4.78 is 5.08. The van der Waals surface area contributed by atoms with Crippen LogP contribution >= 0.6 is 0 Å². The highest BCUT2D eigenvalue weighted by molar-refractivity contribution is 5.98. The Kier molecular flexibility index (Phi) is 7.20. The lowest BCUT2D eigenvalue weighted by atomic mass is 10.0. The van der Waals surface area contributed by atoms with E-state index in [4.69, 9.17) is 4.42 Å². The molecule has 0 unspecified atom stereocenters. The maximum atomic E-state index is 12.9. The van der Waals surface area contributed by atoms with E-state index in [1.807, 2.05) is 46.8 Å². The summed E-state index contributed by atoms with van der Waals surface area (Å²) >= 11 is 0. The molecule has 0 saturated heterocycles. The molecule has 0 aliphatic carbocycles. The van der Waals surface area contributed by atoms with Crippen LogP contribution in [-0.4, -0.2) is 42.3 Å². The van der Waals surface area contributed by atoms with Crippen molar-refractivity contribution >= 4 is 23.4 Å². The number of carbonyl (C=O) groups excluding carboxylic acids is 3. The van der Waals surface area contributed by atoms with Gasteiger partial charge in [0.05, 0.1) is 12.8 Å². The zero-order valence-electron chi connectivity index (χ0n) is 17.8. The topological polar surface area (TPSA) is 91.7 Å². The van der Waals surface area contributed by atoms with Crippen LogP contribution < -0.4 is 10.6 Å². The molecule has 7 nitrogen and oxygen atoms in total. The number of rotatable bonds is 7. The Morgan fingerprint density at radius 2 is 1.72 bits per heavy atom. The Bertz CT molecular complexity index is 864. The van der Waals surface area contributed by atoms with Crippen molar-refractivity contribution < 1.29 is 18.8 Å². The number of anilines is 1. The summed E-state index contributed by atoms with van der Waals surface area (Å²) in [5.74, 6) is -1.13. The van der Waals surface area contributed by atoms with E-state index in [1.54, 1.807) is 13.1 Å². The van der Waals surface area contributed by atoms with Gasteiger partial charge in [-0.1, -0.05) is 31.5 Å². The number of aryl methyl sites for hydroxylation is 3. The molecule has 1 aromatic carbocycles. The van der Waals surface area contributed by atoms with Crippen LogP contribution in [0.4, 0.5) is 5.69 Å². The first kappa shape index (κ1) is 22.2. The second-order valence-corrected chi connectivity index (χ2v) is 7.69. The van der Waals surface area contributed by atoms with Crippen molar-refractivity contribution in [2.75, 3.05) is 18.9 Å². The van der Waals surface area contributed by atoms with E-state index in [-0.39, 0.29) is 30.0 Å². The maximum Gasteiger partial charge on any atom is 0.287 e.